The van der Waals surface area contributed by atoms with Crippen LogP contribution in [0.4, 0.5) is 4.79 Å². The Morgan fingerprint density at radius 1 is 1.25 bits per heavy atom. The number of carbonyl (C=O) groups is 2. The van der Waals surface area contributed by atoms with Crippen molar-refractivity contribution in [1.29, 1.82) is 0 Å². The number of hydrogen-bond acceptors (Lipinski definition) is 5. The maximum atomic E-state index is 12.5. The molecule has 1 aliphatic heterocycles. The van der Waals surface area contributed by atoms with E-state index in [1.165, 1.54) is 0 Å². The number of carbonyl (C=O) groups excluding carboxylic acids is 2. The van der Waals surface area contributed by atoms with Crippen molar-refractivity contribution in [3.05, 3.63) is 47.6 Å². The molecule has 7 nitrogen and oxygen atoms in total. The van der Waals surface area contributed by atoms with Crippen LogP contribution in [0.5, 0.6) is 0 Å². The maximum Gasteiger partial charge on any atom is 0.325 e. The molecule has 0 saturated carbocycles. The second kappa shape index (κ2) is 6.43. The summed E-state index contributed by atoms with van der Waals surface area (Å²) in [5, 5.41) is 6.67. The van der Waals surface area contributed by atoms with Crippen LogP contribution in [-0.2, 0) is 17.8 Å². The lowest BCUT2D eigenvalue weighted by atomic mass is 9.96. The number of rotatable bonds is 6. The van der Waals surface area contributed by atoms with Gasteiger partial charge in [-0.3, -0.25) is 9.69 Å². The van der Waals surface area contributed by atoms with Gasteiger partial charge in [-0.2, -0.15) is 4.98 Å². The topological polar surface area (TPSA) is 88.3 Å². The van der Waals surface area contributed by atoms with E-state index in [0.29, 0.717) is 18.7 Å². The fourth-order valence-corrected chi connectivity index (χ4v) is 2.90. The van der Waals surface area contributed by atoms with Gasteiger partial charge in [0.1, 0.15) is 12.1 Å². The number of hydrogen-bond donors (Lipinski definition) is 1. The first-order valence-electron chi connectivity index (χ1n) is 8.01. The molecule has 0 aliphatic carbocycles. The summed E-state index contributed by atoms with van der Waals surface area (Å²) in [7, 11) is 0. The van der Waals surface area contributed by atoms with Crippen LogP contribution in [-0.4, -0.2) is 32.5 Å². The zero-order valence-electron chi connectivity index (χ0n) is 13.8. The smallest absolute Gasteiger partial charge is 0.325 e. The Bertz CT molecular complexity index is 743. The number of amides is 3. The normalized spacial score (nSPS) is 20.5. The predicted octanol–water partition coefficient (Wildman–Crippen LogP) is 2.27. The van der Waals surface area contributed by atoms with Gasteiger partial charge in [-0.15, -0.1) is 0 Å². The molecule has 1 atom stereocenters. The highest BCUT2D eigenvalue weighted by Crippen LogP contribution is 2.24. The van der Waals surface area contributed by atoms with Gasteiger partial charge in [-0.25, -0.2) is 4.79 Å². The highest BCUT2D eigenvalue weighted by Gasteiger charge is 2.47. The Hall–Kier alpha value is -2.70. The molecule has 1 aliphatic rings. The molecule has 1 aromatic carbocycles. The molecule has 3 rings (SSSR count). The molecule has 1 aromatic heterocycles. The third kappa shape index (κ3) is 3.15. The summed E-state index contributed by atoms with van der Waals surface area (Å²) in [4.78, 5) is 30.0. The van der Waals surface area contributed by atoms with Crippen molar-refractivity contribution in [2.75, 3.05) is 0 Å². The largest absolute Gasteiger partial charge is 0.337 e. The Kier molecular flexibility index (Phi) is 4.33. The minimum atomic E-state index is -0.848. The zero-order chi connectivity index (χ0) is 17.2. The lowest BCUT2D eigenvalue weighted by Gasteiger charge is -2.20. The molecule has 0 bridgehead atoms. The van der Waals surface area contributed by atoms with E-state index in [9.17, 15) is 9.59 Å². The summed E-state index contributed by atoms with van der Waals surface area (Å²) in [5.41, 5.74) is 0.217. The van der Waals surface area contributed by atoms with Gasteiger partial charge in [0, 0.05) is 6.42 Å². The predicted molar refractivity (Wildman–Crippen MR) is 85.9 cm³/mol. The van der Waals surface area contributed by atoms with Gasteiger partial charge in [0.25, 0.3) is 5.91 Å². The third-order valence-electron chi connectivity index (χ3n) is 4.10. The fourth-order valence-electron chi connectivity index (χ4n) is 2.90. The summed E-state index contributed by atoms with van der Waals surface area (Å²) in [5.74, 6) is 0.530. The van der Waals surface area contributed by atoms with Crippen LogP contribution in [0.2, 0.25) is 0 Å². The molecule has 0 radical (unpaired) electrons. The van der Waals surface area contributed by atoms with Gasteiger partial charge in [-0.05, 0) is 18.9 Å². The maximum absolute atomic E-state index is 12.5. The van der Waals surface area contributed by atoms with Crippen LogP contribution in [0.1, 0.15) is 44.0 Å². The molecule has 7 heteroatoms. The first-order valence-corrected chi connectivity index (χ1v) is 8.01. The van der Waals surface area contributed by atoms with E-state index >= 15 is 0 Å². The van der Waals surface area contributed by atoms with Crippen molar-refractivity contribution in [1.82, 2.24) is 20.4 Å². The lowest BCUT2D eigenvalue weighted by Crippen LogP contribution is -2.43. The van der Waals surface area contributed by atoms with Crippen LogP contribution in [0.3, 0.4) is 0 Å². The second-order valence-electron chi connectivity index (χ2n) is 6.17. The Morgan fingerprint density at radius 2 is 2.00 bits per heavy atom. The van der Waals surface area contributed by atoms with E-state index in [4.69, 9.17) is 4.52 Å². The lowest BCUT2D eigenvalue weighted by molar-refractivity contribution is -0.131. The molecule has 2 aromatic rings. The molecule has 24 heavy (non-hydrogen) atoms. The highest BCUT2D eigenvalue weighted by molar-refractivity contribution is 6.06. The highest BCUT2D eigenvalue weighted by atomic mass is 16.5. The van der Waals surface area contributed by atoms with Crippen molar-refractivity contribution in [3.63, 3.8) is 0 Å². The SMILES string of the molecule is CCC[C@]1(C)NC(=O)N(Cc2nc(Cc3ccccc3)no2)C1=O. The molecule has 0 unspecified atom stereocenters. The van der Waals surface area contributed by atoms with Crippen LogP contribution in [0.25, 0.3) is 0 Å². The Balaban J connectivity index is 1.69. The van der Waals surface area contributed by atoms with Crippen molar-refractivity contribution in [2.45, 2.75) is 45.2 Å². The first-order chi connectivity index (χ1) is 11.5. The van der Waals surface area contributed by atoms with E-state index in [1.54, 1.807) is 6.92 Å². The minimum Gasteiger partial charge on any atom is -0.337 e. The first kappa shape index (κ1) is 16.2. The third-order valence-corrected chi connectivity index (χ3v) is 4.10. The van der Waals surface area contributed by atoms with Gasteiger partial charge >= 0.3 is 6.03 Å². The van der Waals surface area contributed by atoms with Crippen LogP contribution in [0.15, 0.2) is 34.9 Å². The molecular weight excluding hydrogens is 308 g/mol. The molecule has 1 saturated heterocycles. The second-order valence-corrected chi connectivity index (χ2v) is 6.17. The molecule has 0 spiro atoms. The Labute approximate surface area is 140 Å². The molecule has 2 heterocycles. The van der Waals surface area contributed by atoms with E-state index in [-0.39, 0.29) is 18.3 Å². The average molecular weight is 328 g/mol. The van der Waals surface area contributed by atoms with Crippen molar-refractivity contribution in [3.8, 4) is 0 Å². The number of urea groups is 1. The van der Waals surface area contributed by atoms with Gasteiger partial charge < -0.3 is 9.84 Å². The standard InChI is InChI=1S/C17H20N4O3/c1-3-9-17(2)15(22)21(16(23)19-17)11-14-18-13(20-24-14)10-12-7-5-4-6-8-12/h4-8H,3,9-11H2,1-2H3,(H,19,23)/t17-/m0/s1. The monoisotopic (exact) mass is 328 g/mol. The molecule has 1 N–H and O–H groups in total. The molecule has 3 amide bonds. The van der Waals surface area contributed by atoms with Crippen LogP contribution >= 0.6 is 0 Å². The van der Waals surface area contributed by atoms with Crippen LogP contribution < -0.4 is 5.32 Å². The summed E-state index contributed by atoms with van der Waals surface area (Å²) >= 11 is 0. The molecule has 1 fully saturated rings. The van der Waals surface area contributed by atoms with Crippen molar-refractivity contribution in [2.24, 2.45) is 0 Å². The number of nitrogens with zero attached hydrogens (tertiary/aromatic N) is 3. The summed E-state index contributed by atoms with van der Waals surface area (Å²) in [6.07, 6.45) is 1.94. The Morgan fingerprint density at radius 3 is 2.71 bits per heavy atom. The van der Waals surface area contributed by atoms with Crippen molar-refractivity contribution < 1.29 is 14.1 Å². The van der Waals surface area contributed by atoms with E-state index in [1.807, 2.05) is 37.3 Å². The summed E-state index contributed by atoms with van der Waals surface area (Å²) in [6.45, 7) is 3.71. The number of imide groups is 1. The van der Waals surface area contributed by atoms with Gasteiger partial charge in [0.05, 0.1) is 0 Å². The van der Waals surface area contributed by atoms with E-state index in [2.05, 4.69) is 15.5 Å². The molecule has 126 valence electrons. The van der Waals surface area contributed by atoms with Gasteiger partial charge in [0.15, 0.2) is 5.82 Å². The minimum absolute atomic E-state index is 0.00817. The number of nitrogens with one attached hydrogen (secondary N) is 1. The molecular formula is C17H20N4O3. The van der Waals surface area contributed by atoms with Crippen molar-refractivity contribution >= 4 is 11.9 Å². The number of benzene rings is 1. The number of aromatic nitrogens is 2. The van der Waals surface area contributed by atoms with Gasteiger partial charge in [0.2, 0.25) is 5.89 Å². The van der Waals surface area contributed by atoms with E-state index < -0.39 is 11.6 Å². The van der Waals surface area contributed by atoms with Crippen LogP contribution in [0, 0.1) is 0 Å². The fraction of sp³-hybridized carbons (Fsp3) is 0.412. The summed E-state index contributed by atoms with van der Waals surface area (Å²) < 4.78 is 5.19. The van der Waals surface area contributed by atoms with Gasteiger partial charge in [-0.1, -0.05) is 48.8 Å². The zero-order valence-corrected chi connectivity index (χ0v) is 13.8. The average Bonchev–Trinajstić information content (AvgIpc) is 3.07. The quantitative estimate of drug-likeness (QED) is 0.822. The van der Waals surface area contributed by atoms with E-state index in [0.717, 1.165) is 16.9 Å². The summed E-state index contributed by atoms with van der Waals surface area (Å²) in [6, 6.07) is 9.36.